The van der Waals surface area contributed by atoms with E-state index in [-0.39, 0.29) is 11.8 Å². The van der Waals surface area contributed by atoms with Gasteiger partial charge in [-0.15, -0.1) is 0 Å². The van der Waals surface area contributed by atoms with Crippen LogP contribution in [0, 0.1) is 5.82 Å². The van der Waals surface area contributed by atoms with Crippen LogP contribution in [0.1, 0.15) is 11.6 Å². The first-order valence-corrected chi connectivity index (χ1v) is 4.57. The minimum atomic E-state index is -0.395. The topological polar surface area (TPSA) is 41.5 Å². The van der Waals surface area contributed by atoms with E-state index in [1.807, 2.05) is 0 Å². The van der Waals surface area contributed by atoms with Crippen LogP contribution in [0.3, 0.4) is 0 Å². The second-order valence-electron chi connectivity index (χ2n) is 3.29. The van der Waals surface area contributed by atoms with Crippen LogP contribution < -0.4 is 5.32 Å². The maximum Gasteiger partial charge on any atom is 0.131 e. The third kappa shape index (κ3) is 1.86. The average Bonchev–Trinajstić information content (AvgIpc) is 2.19. The van der Waals surface area contributed by atoms with Crippen molar-refractivity contribution in [1.82, 2.24) is 5.32 Å². The SMILES string of the molecule is Oc1ccc([C@@H]2COCCN2)c(F)c1. The predicted molar refractivity (Wildman–Crippen MR) is 49.6 cm³/mol. The fraction of sp³-hybridized carbons (Fsp3) is 0.400. The first kappa shape index (κ1) is 9.43. The van der Waals surface area contributed by atoms with Crippen LogP contribution in [0.15, 0.2) is 18.2 Å². The lowest BCUT2D eigenvalue weighted by Crippen LogP contribution is -2.35. The van der Waals surface area contributed by atoms with Gasteiger partial charge in [0.1, 0.15) is 11.6 Å². The Bertz CT molecular complexity index is 324. The summed E-state index contributed by atoms with van der Waals surface area (Å²) in [5, 5.41) is 12.2. The van der Waals surface area contributed by atoms with Crippen molar-refractivity contribution in [3.63, 3.8) is 0 Å². The zero-order valence-electron chi connectivity index (χ0n) is 7.66. The van der Waals surface area contributed by atoms with Gasteiger partial charge in [-0.05, 0) is 6.07 Å². The van der Waals surface area contributed by atoms with E-state index in [4.69, 9.17) is 9.84 Å². The minimum absolute atomic E-state index is 0.0528. The Kier molecular flexibility index (Phi) is 2.65. The molecule has 1 aliphatic rings. The number of morpholine rings is 1. The molecule has 1 aromatic carbocycles. The van der Waals surface area contributed by atoms with Crippen molar-refractivity contribution in [2.24, 2.45) is 0 Å². The summed E-state index contributed by atoms with van der Waals surface area (Å²) in [6, 6.07) is 4.07. The minimum Gasteiger partial charge on any atom is -0.508 e. The number of phenols is 1. The Hall–Kier alpha value is -1.13. The van der Waals surface area contributed by atoms with Gasteiger partial charge in [0, 0.05) is 18.2 Å². The van der Waals surface area contributed by atoms with Gasteiger partial charge < -0.3 is 15.2 Å². The lowest BCUT2D eigenvalue weighted by atomic mass is 10.1. The largest absolute Gasteiger partial charge is 0.508 e. The van der Waals surface area contributed by atoms with Crippen molar-refractivity contribution in [1.29, 1.82) is 0 Å². The predicted octanol–water partition coefficient (Wildman–Crippen LogP) is 1.19. The molecule has 1 saturated heterocycles. The lowest BCUT2D eigenvalue weighted by molar-refractivity contribution is 0.0757. The first-order chi connectivity index (χ1) is 6.77. The third-order valence-corrected chi connectivity index (χ3v) is 2.28. The lowest BCUT2D eigenvalue weighted by Gasteiger charge is -2.24. The van der Waals surface area contributed by atoms with E-state index < -0.39 is 5.82 Å². The zero-order valence-corrected chi connectivity index (χ0v) is 7.66. The molecule has 0 aliphatic carbocycles. The van der Waals surface area contributed by atoms with Crippen LogP contribution in [-0.4, -0.2) is 24.9 Å². The van der Waals surface area contributed by atoms with Crippen LogP contribution in [0.4, 0.5) is 4.39 Å². The van der Waals surface area contributed by atoms with E-state index in [9.17, 15) is 4.39 Å². The number of rotatable bonds is 1. The number of halogens is 1. The quantitative estimate of drug-likeness (QED) is 0.710. The normalized spacial score (nSPS) is 22.2. The number of hydrogen-bond donors (Lipinski definition) is 2. The van der Waals surface area contributed by atoms with Gasteiger partial charge in [0.15, 0.2) is 0 Å². The number of phenolic OH excluding ortho intramolecular Hbond substituents is 1. The van der Waals surface area contributed by atoms with E-state index in [1.54, 1.807) is 6.07 Å². The molecule has 0 amide bonds. The maximum atomic E-state index is 13.4. The molecule has 0 bridgehead atoms. The van der Waals surface area contributed by atoms with Gasteiger partial charge in [-0.25, -0.2) is 4.39 Å². The molecular weight excluding hydrogens is 185 g/mol. The fourth-order valence-corrected chi connectivity index (χ4v) is 1.56. The van der Waals surface area contributed by atoms with Crippen LogP contribution in [0.25, 0.3) is 0 Å². The molecule has 14 heavy (non-hydrogen) atoms. The van der Waals surface area contributed by atoms with Crippen molar-refractivity contribution in [2.75, 3.05) is 19.8 Å². The highest BCUT2D eigenvalue weighted by Crippen LogP contribution is 2.22. The molecule has 0 spiro atoms. The van der Waals surface area contributed by atoms with E-state index in [1.165, 1.54) is 6.07 Å². The number of benzene rings is 1. The van der Waals surface area contributed by atoms with Gasteiger partial charge in [0.2, 0.25) is 0 Å². The molecule has 0 saturated carbocycles. The summed E-state index contributed by atoms with van der Waals surface area (Å²) in [4.78, 5) is 0. The molecule has 0 unspecified atom stereocenters. The second-order valence-corrected chi connectivity index (χ2v) is 3.29. The summed E-state index contributed by atoms with van der Waals surface area (Å²) in [7, 11) is 0. The number of aromatic hydroxyl groups is 1. The van der Waals surface area contributed by atoms with Gasteiger partial charge >= 0.3 is 0 Å². The van der Waals surface area contributed by atoms with Crippen LogP contribution in [0.2, 0.25) is 0 Å². The molecule has 2 N–H and O–H groups in total. The summed E-state index contributed by atoms with van der Waals surface area (Å²) < 4.78 is 18.6. The molecule has 2 rings (SSSR count). The maximum absolute atomic E-state index is 13.4. The Labute approximate surface area is 81.5 Å². The van der Waals surface area contributed by atoms with Crippen LogP contribution in [-0.2, 0) is 4.74 Å². The van der Waals surface area contributed by atoms with E-state index in [0.717, 1.165) is 12.6 Å². The number of hydrogen-bond acceptors (Lipinski definition) is 3. The molecule has 0 aromatic heterocycles. The van der Waals surface area contributed by atoms with Crippen molar-refractivity contribution >= 4 is 0 Å². The van der Waals surface area contributed by atoms with E-state index in [2.05, 4.69) is 5.32 Å². The Balaban J connectivity index is 2.22. The summed E-state index contributed by atoms with van der Waals surface area (Å²) in [6.07, 6.45) is 0. The van der Waals surface area contributed by atoms with E-state index in [0.29, 0.717) is 18.8 Å². The number of ether oxygens (including phenoxy) is 1. The molecule has 1 atom stereocenters. The molecule has 76 valence electrons. The summed E-state index contributed by atoms with van der Waals surface area (Å²) in [5.41, 5.74) is 0.544. The second kappa shape index (κ2) is 3.94. The summed E-state index contributed by atoms with van der Waals surface area (Å²) in [6.45, 7) is 1.86. The molecule has 1 heterocycles. The zero-order chi connectivity index (χ0) is 9.97. The summed E-state index contributed by atoms with van der Waals surface area (Å²) in [5.74, 6) is -0.448. The van der Waals surface area contributed by atoms with Gasteiger partial charge in [0.05, 0.1) is 19.3 Å². The molecule has 1 fully saturated rings. The Morgan fingerprint density at radius 3 is 3.00 bits per heavy atom. The molecule has 1 aliphatic heterocycles. The van der Waals surface area contributed by atoms with Crippen molar-refractivity contribution in [3.8, 4) is 5.75 Å². The smallest absolute Gasteiger partial charge is 0.131 e. The van der Waals surface area contributed by atoms with E-state index >= 15 is 0 Å². The Morgan fingerprint density at radius 1 is 1.50 bits per heavy atom. The number of nitrogens with one attached hydrogen (secondary N) is 1. The monoisotopic (exact) mass is 197 g/mol. The van der Waals surface area contributed by atoms with Gasteiger partial charge in [-0.3, -0.25) is 0 Å². The Morgan fingerprint density at radius 2 is 2.36 bits per heavy atom. The van der Waals surface area contributed by atoms with Gasteiger partial charge in [-0.1, -0.05) is 6.07 Å². The van der Waals surface area contributed by atoms with Crippen molar-refractivity contribution in [2.45, 2.75) is 6.04 Å². The highest BCUT2D eigenvalue weighted by Gasteiger charge is 2.18. The van der Waals surface area contributed by atoms with Gasteiger partial charge in [-0.2, -0.15) is 0 Å². The summed E-state index contributed by atoms with van der Waals surface area (Å²) >= 11 is 0. The molecule has 1 aromatic rings. The fourth-order valence-electron chi connectivity index (χ4n) is 1.56. The van der Waals surface area contributed by atoms with Crippen LogP contribution >= 0.6 is 0 Å². The highest BCUT2D eigenvalue weighted by atomic mass is 19.1. The molecule has 3 nitrogen and oxygen atoms in total. The average molecular weight is 197 g/mol. The van der Waals surface area contributed by atoms with Crippen molar-refractivity contribution in [3.05, 3.63) is 29.6 Å². The van der Waals surface area contributed by atoms with Crippen molar-refractivity contribution < 1.29 is 14.2 Å². The molecule has 0 radical (unpaired) electrons. The van der Waals surface area contributed by atoms with Crippen LogP contribution in [0.5, 0.6) is 5.75 Å². The standard InChI is InChI=1S/C10H12FNO2/c11-9-5-7(13)1-2-8(9)10-6-14-4-3-12-10/h1-2,5,10,12-13H,3-4,6H2/t10-/m0/s1. The highest BCUT2D eigenvalue weighted by molar-refractivity contribution is 5.30. The molecule has 4 heteroatoms. The first-order valence-electron chi connectivity index (χ1n) is 4.57. The van der Waals surface area contributed by atoms with Gasteiger partial charge in [0.25, 0.3) is 0 Å². The third-order valence-electron chi connectivity index (χ3n) is 2.28. The molecular formula is C10H12FNO2.